The fourth-order valence-corrected chi connectivity index (χ4v) is 6.49. The van der Waals surface area contributed by atoms with Crippen LogP contribution in [0.25, 0.3) is 10.9 Å². The summed E-state index contributed by atoms with van der Waals surface area (Å²) in [6.45, 7) is 8.43. The van der Waals surface area contributed by atoms with Crippen LogP contribution < -0.4 is 10.2 Å². The standard InChI is InChI=1S/C38H44N4O6/c1-4-19-40-24-35(43)41(27(3)38(40)45)23-34-26(2)32-21-31(47-25-29-10-6-5-7-11-29)17-18-33(32)42(34)22-28-13-15-30(16-14-28)37(44)39-48-36-12-8-9-20-46-36/h5-7,10-11,13-18,21,27,36H,4,8-9,12,19-20,22-25H2,1-3H3,(H,39,44). The third kappa shape index (κ3) is 7.40. The number of carbonyl (C=O) groups excluding carboxylic acids is 3. The Bertz CT molecular complexity index is 1750. The summed E-state index contributed by atoms with van der Waals surface area (Å²) in [5.74, 6) is 0.333. The molecule has 252 valence electrons. The number of nitrogens with zero attached hydrogens (tertiary/aromatic N) is 3. The van der Waals surface area contributed by atoms with Gasteiger partial charge >= 0.3 is 0 Å². The summed E-state index contributed by atoms with van der Waals surface area (Å²) < 4.78 is 13.9. The molecular weight excluding hydrogens is 608 g/mol. The van der Waals surface area contributed by atoms with E-state index in [4.69, 9.17) is 14.3 Å². The second-order valence-electron chi connectivity index (χ2n) is 12.6. The highest BCUT2D eigenvalue weighted by Crippen LogP contribution is 2.32. The smallest absolute Gasteiger partial charge is 0.274 e. The first-order valence-electron chi connectivity index (χ1n) is 16.9. The van der Waals surface area contributed by atoms with Crippen LogP contribution in [0.15, 0.2) is 72.8 Å². The van der Waals surface area contributed by atoms with E-state index in [0.717, 1.165) is 64.7 Å². The fraction of sp³-hybridized carbons (Fsp3) is 0.395. The monoisotopic (exact) mass is 652 g/mol. The van der Waals surface area contributed by atoms with E-state index in [2.05, 4.69) is 17.0 Å². The molecular formula is C38H44N4O6. The van der Waals surface area contributed by atoms with Gasteiger partial charge < -0.3 is 23.8 Å². The van der Waals surface area contributed by atoms with Gasteiger partial charge in [0.1, 0.15) is 18.4 Å². The quantitative estimate of drug-likeness (QED) is 0.196. The Morgan fingerprint density at radius 2 is 1.77 bits per heavy atom. The lowest BCUT2D eigenvalue weighted by Crippen LogP contribution is -2.58. The van der Waals surface area contributed by atoms with Crippen molar-refractivity contribution < 1.29 is 28.7 Å². The van der Waals surface area contributed by atoms with E-state index >= 15 is 0 Å². The maximum atomic E-state index is 13.4. The number of hydroxylamine groups is 1. The number of fused-ring (bicyclic) bond motifs is 1. The lowest BCUT2D eigenvalue weighted by molar-refractivity contribution is -0.186. The van der Waals surface area contributed by atoms with Crippen molar-refractivity contribution in [3.05, 3.63) is 101 Å². The normalized spacial score (nSPS) is 18.4. The van der Waals surface area contributed by atoms with Crippen molar-refractivity contribution in [1.82, 2.24) is 19.8 Å². The molecule has 1 N–H and O–H groups in total. The molecule has 48 heavy (non-hydrogen) atoms. The number of hydrogen-bond acceptors (Lipinski definition) is 6. The van der Waals surface area contributed by atoms with Gasteiger partial charge in [-0.1, -0.05) is 49.4 Å². The van der Waals surface area contributed by atoms with Crippen LogP contribution in [0.2, 0.25) is 0 Å². The maximum Gasteiger partial charge on any atom is 0.274 e. The van der Waals surface area contributed by atoms with E-state index in [0.29, 0.717) is 38.4 Å². The largest absolute Gasteiger partial charge is 0.489 e. The molecule has 3 heterocycles. The molecule has 0 saturated carbocycles. The van der Waals surface area contributed by atoms with Gasteiger partial charge in [0.25, 0.3) is 5.91 Å². The second-order valence-corrected chi connectivity index (χ2v) is 12.6. The first kappa shape index (κ1) is 33.2. The van der Waals surface area contributed by atoms with Gasteiger partial charge in [0.2, 0.25) is 11.8 Å². The fourth-order valence-electron chi connectivity index (χ4n) is 6.49. The molecule has 2 fully saturated rings. The van der Waals surface area contributed by atoms with Gasteiger partial charge in [0.15, 0.2) is 6.29 Å². The van der Waals surface area contributed by atoms with Crippen molar-refractivity contribution >= 4 is 28.6 Å². The molecule has 0 bridgehead atoms. The molecule has 0 spiro atoms. The highest BCUT2D eigenvalue weighted by Gasteiger charge is 2.37. The van der Waals surface area contributed by atoms with E-state index in [1.165, 1.54) is 0 Å². The molecule has 2 unspecified atom stereocenters. The number of hydrogen-bond donors (Lipinski definition) is 1. The van der Waals surface area contributed by atoms with Crippen LogP contribution in [-0.4, -0.2) is 64.1 Å². The van der Waals surface area contributed by atoms with Crippen molar-refractivity contribution in [2.24, 2.45) is 0 Å². The molecule has 6 rings (SSSR count). The highest BCUT2D eigenvalue weighted by molar-refractivity contribution is 5.95. The minimum absolute atomic E-state index is 0.0266. The molecule has 2 aliphatic rings. The Labute approximate surface area is 281 Å². The van der Waals surface area contributed by atoms with Crippen LogP contribution in [0.1, 0.15) is 72.3 Å². The van der Waals surface area contributed by atoms with Crippen LogP contribution in [0.4, 0.5) is 0 Å². The number of nitrogens with one attached hydrogen (secondary N) is 1. The van der Waals surface area contributed by atoms with E-state index in [-0.39, 0.29) is 24.3 Å². The Morgan fingerprint density at radius 3 is 2.50 bits per heavy atom. The molecule has 3 amide bonds. The SMILES string of the molecule is CCCN1CC(=O)N(Cc2c(C)c3cc(OCc4ccccc4)ccc3n2Cc2ccc(C(=O)NOC3CCCCO3)cc2)C(C)C1=O. The Morgan fingerprint density at radius 1 is 0.979 bits per heavy atom. The number of ether oxygens (including phenoxy) is 2. The van der Waals surface area contributed by atoms with Crippen LogP contribution in [0.3, 0.4) is 0 Å². The Balaban J connectivity index is 1.26. The third-order valence-electron chi connectivity index (χ3n) is 9.24. The van der Waals surface area contributed by atoms with Crippen LogP contribution in [0.5, 0.6) is 5.75 Å². The van der Waals surface area contributed by atoms with Crippen molar-refractivity contribution in [2.75, 3.05) is 19.7 Å². The van der Waals surface area contributed by atoms with Gasteiger partial charge in [-0.3, -0.25) is 14.4 Å². The summed E-state index contributed by atoms with van der Waals surface area (Å²) >= 11 is 0. The Kier molecular flexibility index (Phi) is 10.4. The van der Waals surface area contributed by atoms with Crippen LogP contribution >= 0.6 is 0 Å². The average Bonchev–Trinajstić information content (AvgIpc) is 3.37. The van der Waals surface area contributed by atoms with Gasteiger partial charge in [-0.05, 0) is 80.1 Å². The number of aryl methyl sites for hydroxylation is 1. The van der Waals surface area contributed by atoms with E-state index < -0.39 is 12.3 Å². The van der Waals surface area contributed by atoms with Crippen molar-refractivity contribution in [2.45, 2.75) is 78.5 Å². The van der Waals surface area contributed by atoms with Crippen molar-refractivity contribution in [3.63, 3.8) is 0 Å². The average molecular weight is 653 g/mol. The molecule has 0 aliphatic carbocycles. The van der Waals surface area contributed by atoms with Crippen LogP contribution in [-0.2, 0) is 38.9 Å². The summed E-state index contributed by atoms with van der Waals surface area (Å²) in [4.78, 5) is 48.2. The van der Waals surface area contributed by atoms with E-state index in [9.17, 15) is 14.4 Å². The summed E-state index contributed by atoms with van der Waals surface area (Å²) in [5.41, 5.74) is 8.03. The zero-order valence-corrected chi connectivity index (χ0v) is 27.9. The number of benzene rings is 3. The summed E-state index contributed by atoms with van der Waals surface area (Å²) in [7, 11) is 0. The minimum atomic E-state index is -0.563. The predicted molar refractivity (Wildman–Crippen MR) is 182 cm³/mol. The van der Waals surface area contributed by atoms with Crippen LogP contribution in [0, 0.1) is 6.92 Å². The molecule has 10 heteroatoms. The molecule has 2 saturated heterocycles. The zero-order valence-electron chi connectivity index (χ0n) is 27.9. The lowest BCUT2D eigenvalue weighted by Gasteiger charge is -2.39. The van der Waals surface area contributed by atoms with E-state index in [1.54, 1.807) is 21.9 Å². The summed E-state index contributed by atoms with van der Waals surface area (Å²) in [5, 5.41) is 1.02. The molecule has 0 radical (unpaired) electrons. The maximum absolute atomic E-state index is 13.4. The van der Waals surface area contributed by atoms with Gasteiger partial charge in [-0.2, -0.15) is 0 Å². The molecule has 2 aliphatic heterocycles. The first-order valence-corrected chi connectivity index (χ1v) is 16.9. The van der Waals surface area contributed by atoms with Crippen molar-refractivity contribution in [1.29, 1.82) is 0 Å². The second kappa shape index (κ2) is 15.0. The molecule has 10 nitrogen and oxygen atoms in total. The zero-order chi connectivity index (χ0) is 33.6. The van der Waals surface area contributed by atoms with Gasteiger partial charge in [-0.15, -0.1) is 0 Å². The number of piperazine rings is 1. The molecule has 2 atom stereocenters. The Hall–Kier alpha value is -4.67. The first-order chi connectivity index (χ1) is 23.3. The minimum Gasteiger partial charge on any atom is -0.489 e. The molecule has 1 aromatic heterocycles. The number of aromatic nitrogens is 1. The highest BCUT2D eigenvalue weighted by atomic mass is 16.8. The predicted octanol–water partition coefficient (Wildman–Crippen LogP) is 5.73. The van der Waals surface area contributed by atoms with Crippen molar-refractivity contribution in [3.8, 4) is 5.75 Å². The third-order valence-corrected chi connectivity index (χ3v) is 9.24. The summed E-state index contributed by atoms with van der Waals surface area (Å²) in [6, 6.07) is 22.9. The van der Waals surface area contributed by atoms with Gasteiger partial charge in [-0.25, -0.2) is 10.3 Å². The molecule has 4 aromatic rings. The number of rotatable bonds is 12. The lowest BCUT2D eigenvalue weighted by atomic mass is 10.1. The van der Waals surface area contributed by atoms with Gasteiger partial charge in [0, 0.05) is 48.3 Å². The number of amides is 3. The van der Waals surface area contributed by atoms with Gasteiger partial charge in [0.05, 0.1) is 13.1 Å². The number of carbonyl (C=O) groups is 3. The van der Waals surface area contributed by atoms with E-state index in [1.807, 2.05) is 74.5 Å². The molecule has 3 aromatic carbocycles. The topological polar surface area (TPSA) is 102 Å². The summed E-state index contributed by atoms with van der Waals surface area (Å²) in [6.07, 6.45) is 3.13.